The fraction of sp³-hybridized carbons (Fsp3) is 0.125. The van der Waals surface area contributed by atoms with Gasteiger partial charge >= 0.3 is 0 Å². The van der Waals surface area contributed by atoms with Gasteiger partial charge in [-0.1, -0.05) is 196 Å². The van der Waals surface area contributed by atoms with E-state index in [-0.39, 0.29) is 0 Å². The van der Waals surface area contributed by atoms with Crippen molar-refractivity contribution in [3.63, 3.8) is 0 Å². The van der Waals surface area contributed by atoms with Crippen molar-refractivity contribution in [1.82, 2.24) is 0 Å². The Morgan fingerprint density at radius 3 is 1.00 bits per heavy atom. The van der Waals surface area contributed by atoms with Crippen LogP contribution in [-0.4, -0.2) is 16.1 Å². The van der Waals surface area contributed by atoms with Crippen molar-refractivity contribution < 1.29 is 0 Å². The zero-order chi connectivity index (χ0) is 34.9. The van der Waals surface area contributed by atoms with E-state index in [0.29, 0.717) is 0 Å². The number of hydrogen-bond donors (Lipinski definition) is 0. The van der Waals surface area contributed by atoms with E-state index in [0.717, 1.165) is 0 Å². The standard InChI is InChI=1S/C48H46Si2/c1-35(47(41-23-15-9-16-24-41)45-33-43(49(45,3)4)39-19-11-7-12-20-39)31-37-27-29-38(30-28-37)32-36(2)48(42-25-17-10-18-26-42)46-34-44(50(46,5)6)40-21-13-8-14-22-40/h7-34H,1-6H3/b35-31+,36-32+,47-45+,48-46+. The van der Waals surface area contributed by atoms with Crippen molar-refractivity contribution in [2.45, 2.75) is 40.0 Å². The summed E-state index contributed by atoms with van der Waals surface area (Å²) >= 11 is 0. The lowest BCUT2D eigenvalue weighted by molar-refractivity contribution is 1.46. The smallest absolute Gasteiger partial charge is 0.0622 e. The van der Waals surface area contributed by atoms with E-state index in [1.54, 1.807) is 0 Å². The second-order valence-corrected chi connectivity index (χ2v) is 23.4. The average Bonchev–Trinajstić information content (AvgIpc) is 3.13. The first kappa shape index (κ1) is 33.5. The van der Waals surface area contributed by atoms with Gasteiger partial charge in [0.1, 0.15) is 16.1 Å². The van der Waals surface area contributed by atoms with Crippen molar-refractivity contribution in [1.29, 1.82) is 0 Å². The van der Waals surface area contributed by atoms with E-state index >= 15 is 0 Å². The van der Waals surface area contributed by atoms with Crippen molar-refractivity contribution in [2.24, 2.45) is 0 Å². The summed E-state index contributed by atoms with van der Waals surface area (Å²) in [5.41, 5.74) is 13.2. The van der Waals surface area contributed by atoms with Crippen LogP contribution in [0.5, 0.6) is 0 Å². The first-order valence-corrected chi connectivity index (χ1v) is 23.8. The second kappa shape index (κ2) is 13.7. The van der Waals surface area contributed by atoms with E-state index in [2.05, 4.69) is 210 Å². The van der Waals surface area contributed by atoms with Crippen LogP contribution in [0.25, 0.3) is 33.7 Å². The highest BCUT2D eigenvalue weighted by Crippen LogP contribution is 2.48. The summed E-state index contributed by atoms with van der Waals surface area (Å²) in [6, 6.07) is 52.8. The molecule has 50 heavy (non-hydrogen) atoms. The summed E-state index contributed by atoms with van der Waals surface area (Å²) in [6.45, 7) is 14.5. The van der Waals surface area contributed by atoms with Gasteiger partial charge in [-0.25, -0.2) is 0 Å². The summed E-state index contributed by atoms with van der Waals surface area (Å²) in [4.78, 5) is 0. The first-order valence-electron chi connectivity index (χ1n) is 17.8. The average molecular weight is 679 g/mol. The fourth-order valence-electron chi connectivity index (χ4n) is 7.77. The van der Waals surface area contributed by atoms with Crippen LogP contribution in [0.2, 0.25) is 26.2 Å². The molecule has 246 valence electrons. The van der Waals surface area contributed by atoms with Gasteiger partial charge < -0.3 is 0 Å². The molecule has 5 aromatic carbocycles. The van der Waals surface area contributed by atoms with Crippen LogP contribution in [0.4, 0.5) is 0 Å². The zero-order valence-electron chi connectivity index (χ0n) is 30.2. The number of hydrogen-bond acceptors (Lipinski definition) is 0. The highest BCUT2D eigenvalue weighted by Gasteiger charge is 2.41. The van der Waals surface area contributed by atoms with Gasteiger partial charge in [0.25, 0.3) is 0 Å². The van der Waals surface area contributed by atoms with E-state index in [4.69, 9.17) is 0 Å². The Labute approximate surface area is 301 Å². The van der Waals surface area contributed by atoms with Gasteiger partial charge in [-0.15, -0.1) is 0 Å². The van der Waals surface area contributed by atoms with E-state index in [1.807, 2.05) is 0 Å². The van der Waals surface area contributed by atoms with Crippen molar-refractivity contribution in [2.75, 3.05) is 0 Å². The van der Waals surface area contributed by atoms with Crippen LogP contribution >= 0.6 is 0 Å². The maximum absolute atomic E-state index is 2.49. The van der Waals surface area contributed by atoms with Gasteiger partial charge in [-0.05, 0) is 90.3 Å². The normalized spacial score (nSPS) is 18.7. The SMILES string of the molecule is CC(=C\c1ccc(/C=C(C)/C(=C2/C=C(c3ccccc3)[Si]2(C)C)c2ccccc2)cc1)/C(=C1/C=C(c2ccccc2)[Si]1(C)C)c1ccccc1. The topological polar surface area (TPSA) is 0 Å². The molecule has 2 aliphatic heterocycles. The minimum atomic E-state index is -1.80. The largest absolute Gasteiger partial charge is 0.113 e. The summed E-state index contributed by atoms with van der Waals surface area (Å²) in [7, 11) is -3.60. The van der Waals surface area contributed by atoms with Crippen LogP contribution in [-0.2, 0) is 0 Å². The lowest BCUT2D eigenvalue weighted by Crippen LogP contribution is -2.39. The Morgan fingerprint density at radius 2 is 0.700 bits per heavy atom. The zero-order valence-corrected chi connectivity index (χ0v) is 32.2. The molecule has 0 N–H and O–H groups in total. The van der Waals surface area contributed by atoms with Crippen molar-refractivity contribution >= 4 is 49.8 Å². The number of allylic oxidation sites excluding steroid dienone is 8. The Hall–Kier alpha value is -5.03. The number of rotatable bonds is 8. The molecule has 2 heteroatoms. The lowest BCUT2D eigenvalue weighted by Gasteiger charge is -2.39. The summed E-state index contributed by atoms with van der Waals surface area (Å²) in [5.74, 6) is 0. The molecule has 0 amide bonds. The summed E-state index contributed by atoms with van der Waals surface area (Å²) in [5, 5.41) is 6.12. The third-order valence-electron chi connectivity index (χ3n) is 10.6. The molecule has 2 heterocycles. The van der Waals surface area contributed by atoms with E-state index in [9.17, 15) is 0 Å². The quantitative estimate of drug-likeness (QED) is 0.143. The van der Waals surface area contributed by atoms with Gasteiger partial charge in [-0.2, -0.15) is 0 Å². The molecule has 5 aromatic rings. The molecule has 0 nitrogen and oxygen atoms in total. The third kappa shape index (κ3) is 6.38. The highest BCUT2D eigenvalue weighted by atomic mass is 28.3. The van der Waals surface area contributed by atoms with Crippen molar-refractivity contribution in [3.8, 4) is 0 Å². The molecule has 0 atom stereocenters. The monoisotopic (exact) mass is 678 g/mol. The van der Waals surface area contributed by atoms with Crippen LogP contribution < -0.4 is 0 Å². The van der Waals surface area contributed by atoms with Crippen molar-refractivity contribution in [3.05, 3.63) is 213 Å². The van der Waals surface area contributed by atoms with Gasteiger partial charge in [0.05, 0.1) is 0 Å². The van der Waals surface area contributed by atoms with Gasteiger partial charge in [0, 0.05) is 0 Å². The molecule has 0 radical (unpaired) electrons. The molecule has 0 aromatic heterocycles. The van der Waals surface area contributed by atoms with Crippen LogP contribution in [0.1, 0.15) is 47.2 Å². The Bertz CT molecular complexity index is 2050. The van der Waals surface area contributed by atoms with E-state index in [1.165, 1.54) is 76.5 Å². The first-order chi connectivity index (χ1) is 24.1. The number of benzene rings is 5. The van der Waals surface area contributed by atoms with Gasteiger partial charge in [0.15, 0.2) is 0 Å². The predicted octanol–water partition coefficient (Wildman–Crippen LogP) is 13.2. The van der Waals surface area contributed by atoms with Gasteiger partial charge in [-0.3, -0.25) is 0 Å². The Morgan fingerprint density at radius 1 is 0.400 bits per heavy atom. The van der Waals surface area contributed by atoms with Crippen LogP contribution in [0.15, 0.2) is 179 Å². The Balaban J connectivity index is 1.23. The highest BCUT2D eigenvalue weighted by molar-refractivity contribution is 7.06. The molecule has 0 bridgehead atoms. The maximum atomic E-state index is 2.49. The molecular weight excluding hydrogens is 633 g/mol. The second-order valence-electron chi connectivity index (χ2n) is 14.7. The van der Waals surface area contributed by atoms with Crippen LogP contribution in [0.3, 0.4) is 0 Å². The maximum Gasteiger partial charge on any atom is 0.113 e. The predicted molar refractivity (Wildman–Crippen MR) is 224 cm³/mol. The Kier molecular flexibility index (Phi) is 9.17. The van der Waals surface area contributed by atoms with Crippen LogP contribution in [0, 0.1) is 0 Å². The van der Waals surface area contributed by atoms with E-state index < -0.39 is 16.1 Å². The molecule has 0 saturated heterocycles. The third-order valence-corrected chi connectivity index (χ3v) is 17.6. The molecule has 0 spiro atoms. The molecule has 0 unspecified atom stereocenters. The lowest BCUT2D eigenvalue weighted by atomic mass is 9.94. The van der Waals surface area contributed by atoms with Gasteiger partial charge in [0.2, 0.25) is 0 Å². The molecule has 0 fully saturated rings. The minimum Gasteiger partial charge on any atom is -0.0622 e. The molecule has 7 rings (SSSR count). The fourth-order valence-corrected chi connectivity index (χ4v) is 13.6. The molecule has 0 aliphatic carbocycles. The molecule has 2 aliphatic rings. The summed E-state index contributed by atoms with van der Waals surface area (Å²) in [6.07, 6.45) is 9.65. The molecule has 0 saturated carbocycles. The summed E-state index contributed by atoms with van der Waals surface area (Å²) < 4.78 is 0. The molecular formula is C48H46Si2. The minimum absolute atomic E-state index is 1.22.